The van der Waals surface area contributed by atoms with Gasteiger partial charge in [-0.2, -0.15) is 0 Å². The van der Waals surface area contributed by atoms with Crippen LogP contribution in [-0.2, 0) is 0 Å². The molecule has 2 aromatic heterocycles. The Bertz CT molecular complexity index is 886. The number of aliphatic imine (C=N–C) groups is 1. The van der Waals surface area contributed by atoms with E-state index < -0.39 is 0 Å². The Kier molecular flexibility index (Phi) is 2.61. The summed E-state index contributed by atoms with van der Waals surface area (Å²) in [5.74, 6) is 1.12. The Morgan fingerprint density at radius 2 is 2.13 bits per heavy atom. The summed E-state index contributed by atoms with van der Waals surface area (Å²) >= 11 is 0. The summed E-state index contributed by atoms with van der Waals surface area (Å²) in [6.07, 6.45) is 12.2. The normalized spacial score (nSPS) is 28.8. The number of fused-ring (bicyclic) bond motifs is 2. The van der Waals surface area contributed by atoms with Crippen molar-refractivity contribution in [2.75, 3.05) is 6.54 Å². The molecular formula is C19H20N4. The van der Waals surface area contributed by atoms with Crippen molar-refractivity contribution in [2.45, 2.75) is 32.4 Å². The van der Waals surface area contributed by atoms with E-state index in [1.54, 1.807) is 0 Å². The molecule has 3 unspecified atom stereocenters. The van der Waals surface area contributed by atoms with Gasteiger partial charge in [-0.1, -0.05) is 12.1 Å². The van der Waals surface area contributed by atoms with Gasteiger partial charge in [0.05, 0.1) is 12.2 Å². The second-order valence-electron chi connectivity index (χ2n) is 6.96. The van der Waals surface area contributed by atoms with Gasteiger partial charge >= 0.3 is 0 Å². The molecule has 3 atom stereocenters. The van der Waals surface area contributed by atoms with E-state index in [9.17, 15) is 0 Å². The minimum Gasteiger partial charge on any atom is -0.347 e. The number of hydrogen-bond acceptors (Lipinski definition) is 3. The molecule has 3 aliphatic rings. The molecule has 2 aliphatic heterocycles. The Morgan fingerprint density at radius 1 is 1.22 bits per heavy atom. The van der Waals surface area contributed by atoms with E-state index >= 15 is 0 Å². The molecule has 1 saturated carbocycles. The summed E-state index contributed by atoms with van der Waals surface area (Å²) < 4.78 is 2.15. The zero-order valence-electron chi connectivity index (χ0n) is 13.5. The fourth-order valence-corrected chi connectivity index (χ4v) is 3.89. The fourth-order valence-electron chi connectivity index (χ4n) is 3.89. The van der Waals surface area contributed by atoms with E-state index in [1.807, 2.05) is 0 Å². The van der Waals surface area contributed by atoms with Crippen molar-refractivity contribution >= 4 is 11.4 Å². The summed E-state index contributed by atoms with van der Waals surface area (Å²) in [7, 11) is 0. The van der Waals surface area contributed by atoms with Crippen LogP contribution in [0.15, 0.2) is 53.4 Å². The number of aromatic nitrogens is 2. The zero-order chi connectivity index (χ0) is 15.6. The van der Waals surface area contributed by atoms with E-state index in [1.165, 1.54) is 29.0 Å². The van der Waals surface area contributed by atoms with Gasteiger partial charge in [0.2, 0.25) is 0 Å². The highest BCUT2D eigenvalue weighted by molar-refractivity contribution is 5.93. The van der Waals surface area contributed by atoms with Gasteiger partial charge in [-0.15, -0.1) is 0 Å². The molecule has 0 radical (unpaired) electrons. The van der Waals surface area contributed by atoms with Crippen molar-refractivity contribution < 1.29 is 0 Å². The first-order chi connectivity index (χ1) is 11.2. The van der Waals surface area contributed by atoms with Crippen LogP contribution in [0.1, 0.15) is 30.5 Å². The van der Waals surface area contributed by atoms with Crippen molar-refractivity contribution in [3.05, 3.63) is 59.7 Å². The molecule has 0 amide bonds. The van der Waals surface area contributed by atoms with Gasteiger partial charge in [-0.25, -0.2) is 4.98 Å². The van der Waals surface area contributed by atoms with E-state index in [2.05, 4.69) is 66.0 Å². The maximum Gasteiger partial charge on any atom is 0.143 e. The highest BCUT2D eigenvalue weighted by Crippen LogP contribution is 2.49. The van der Waals surface area contributed by atoms with Gasteiger partial charge in [0.25, 0.3) is 0 Å². The Labute approximate surface area is 135 Å². The highest BCUT2D eigenvalue weighted by Gasteiger charge is 2.46. The molecule has 4 heteroatoms. The molecule has 5 rings (SSSR count). The number of aryl methyl sites for hydroxylation is 1. The Hall–Kier alpha value is -2.36. The van der Waals surface area contributed by atoms with Crippen molar-refractivity contribution in [2.24, 2.45) is 10.9 Å². The molecule has 0 bridgehead atoms. The zero-order valence-corrected chi connectivity index (χ0v) is 13.5. The lowest BCUT2D eigenvalue weighted by molar-refractivity contribution is 0.377. The summed E-state index contributed by atoms with van der Waals surface area (Å²) in [6, 6.07) is 4.20. The Balaban J connectivity index is 1.41. The average molecular weight is 304 g/mol. The van der Waals surface area contributed by atoms with Crippen molar-refractivity contribution in [3.63, 3.8) is 0 Å². The summed E-state index contributed by atoms with van der Waals surface area (Å²) in [5, 5.41) is 0. The third-order valence-electron chi connectivity index (χ3n) is 5.29. The van der Waals surface area contributed by atoms with Crippen molar-refractivity contribution in [1.29, 1.82) is 0 Å². The van der Waals surface area contributed by atoms with Crippen LogP contribution in [-0.4, -0.2) is 32.7 Å². The third-order valence-corrected chi connectivity index (χ3v) is 5.29. The minimum absolute atomic E-state index is 0.236. The van der Waals surface area contributed by atoms with Gasteiger partial charge in [-0.05, 0) is 43.5 Å². The summed E-state index contributed by atoms with van der Waals surface area (Å²) in [5.41, 5.74) is 6.23. The van der Waals surface area contributed by atoms with Gasteiger partial charge in [-0.3, -0.25) is 4.99 Å². The fraction of sp³-hybridized carbons (Fsp3) is 0.368. The first kappa shape index (κ1) is 13.1. The molecule has 0 saturated heterocycles. The van der Waals surface area contributed by atoms with Gasteiger partial charge in [0.15, 0.2) is 0 Å². The average Bonchev–Trinajstić information content (AvgIpc) is 3.02. The second-order valence-corrected chi connectivity index (χ2v) is 6.96. The van der Waals surface area contributed by atoms with E-state index in [0.29, 0.717) is 11.8 Å². The molecule has 0 aromatic carbocycles. The molecule has 2 aromatic rings. The van der Waals surface area contributed by atoms with Gasteiger partial charge in [0.1, 0.15) is 11.8 Å². The number of hydrogen-bond donors (Lipinski definition) is 0. The standard InChI is InChI=1S/C19H20N4/c1-12-5-3-7-22-10-16(20-18(12)22)14-9-15(14)17-11-23-8-4-6-13(2)19(23)21-17/h3-8,10,14-15,19H,9,11H2,1-2H3. The number of nitrogens with zero attached hydrogens (tertiary/aromatic N) is 4. The van der Waals surface area contributed by atoms with Crippen molar-refractivity contribution in [1.82, 2.24) is 14.3 Å². The molecule has 0 N–H and O–H groups in total. The maximum atomic E-state index is 4.99. The van der Waals surface area contributed by atoms with Crippen LogP contribution in [0.25, 0.3) is 5.65 Å². The minimum atomic E-state index is 0.236. The van der Waals surface area contributed by atoms with Crippen LogP contribution >= 0.6 is 0 Å². The van der Waals surface area contributed by atoms with Crippen LogP contribution < -0.4 is 0 Å². The van der Waals surface area contributed by atoms with E-state index in [0.717, 1.165) is 12.2 Å². The quantitative estimate of drug-likeness (QED) is 0.853. The lowest BCUT2D eigenvalue weighted by atomic mass is 10.1. The topological polar surface area (TPSA) is 32.9 Å². The molecule has 0 spiro atoms. The van der Waals surface area contributed by atoms with Gasteiger partial charge < -0.3 is 9.30 Å². The smallest absolute Gasteiger partial charge is 0.143 e. The highest BCUT2D eigenvalue weighted by atomic mass is 15.3. The second kappa shape index (κ2) is 4.57. The van der Waals surface area contributed by atoms with E-state index in [-0.39, 0.29) is 6.17 Å². The van der Waals surface area contributed by atoms with Gasteiger partial charge in [0, 0.05) is 36.1 Å². The number of pyridine rings is 1. The molecule has 4 nitrogen and oxygen atoms in total. The molecule has 23 heavy (non-hydrogen) atoms. The molecule has 1 fully saturated rings. The first-order valence-electron chi connectivity index (χ1n) is 8.32. The molecular weight excluding hydrogens is 284 g/mol. The Morgan fingerprint density at radius 3 is 2.96 bits per heavy atom. The van der Waals surface area contributed by atoms with Crippen molar-refractivity contribution in [3.8, 4) is 0 Å². The predicted octanol–water partition coefficient (Wildman–Crippen LogP) is 3.30. The lowest BCUT2D eigenvalue weighted by Gasteiger charge is -2.24. The molecule has 116 valence electrons. The van der Waals surface area contributed by atoms with E-state index in [4.69, 9.17) is 9.98 Å². The number of rotatable bonds is 2. The number of imidazole rings is 1. The molecule has 1 aliphatic carbocycles. The lowest BCUT2D eigenvalue weighted by Crippen LogP contribution is -2.28. The third kappa shape index (κ3) is 1.97. The van der Waals surface area contributed by atoms with Crippen LogP contribution in [0.4, 0.5) is 0 Å². The van der Waals surface area contributed by atoms with Crippen LogP contribution in [0.5, 0.6) is 0 Å². The summed E-state index contributed by atoms with van der Waals surface area (Å²) in [4.78, 5) is 12.2. The first-order valence-corrected chi connectivity index (χ1v) is 8.32. The van der Waals surface area contributed by atoms with Crippen LogP contribution in [0.3, 0.4) is 0 Å². The largest absolute Gasteiger partial charge is 0.347 e. The number of allylic oxidation sites excluding steroid dienone is 2. The summed E-state index contributed by atoms with van der Waals surface area (Å²) in [6.45, 7) is 5.26. The SMILES string of the molecule is CC1=CC=CN2CC(C3CC3c3cn4cccc(C)c4n3)=NC12. The monoisotopic (exact) mass is 304 g/mol. The maximum absolute atomic E-state index is 4.99. The van der Waals surface area contributed by atoms with Crippen LogP contribution in [0, 0.1) is 12.8 Å². The molecule has 4 heterocycles. The van der Waals surface area contributed by atoms with Crippen LogP contribution in [0.2, 0.25) is 0 Å². The predicted molar refractivity (Wildman–Crippen MR) is 91.6 cm³/mol.